The van der Waals surface area contributed by atoms with E-state index >= 15 is 0 Å². The van der Waals surface area contributed by atoms with E-state index in [1.807, 2.05) is 20.3 Å². The quantitative estimate of drug-likeness (QED) is 0.882. The van der Waals surface area contributed by atoms with Gasteiger partial charge in [0.05, 0.1) is 6.20 Å². The molecule has 2 saturated heterocycles. The lowest BCUT2D eigenvalue weighted by Crippen LogP contribution is -2.49. The lowest BCUT2D eigenvalue weighted by molar-refractivity contribution is -0.135. The molecule has 1 aromatic rings. The van der Waals surface area contributed by atoms with Crippen LogP contribution in [0.4, 0.5) is 0 Å². The summed E-state index contributed by atoms with van der Waals surface area (Å²) in [5, 5.41) is 7.39. The van der Waals surface area contributed by atoms with Gasteiger partial charge in [-0.3, -0.25) is 9.48 Å². The molecular formula is C19H33N5O. The minimum atomic E-state index is -0.290. The van der Waals surface area contributed by atoms with Gasteiger partial charge in [0.25, 0.3) is 0 Å². The van der Waals surface area contributed by atoms with Gasteiger partial charge in [0.1, 0.15) is 6.04 Å². The van der Waals surface area contributed by atoms with Crippen molar-refractivity contribution in [2.24, 2.45) is 13.0 Å². The van der Waals surface area contributed by atoms with Crippen molar-refractivity contribution in [3.63, 3.8) is 0 Å². The first-order valence-electron chi connectivity index (χ1n) is 9.77. The molecule has 0 aliphatic carbocycles. The number of hydrogen-bond acceptors (Lipinski definition) is 4. The first-order valence-corrected chi connectivity index (χ1v) is 9.77. The van der Waals surface area contributed by atoms with Crippen molar-refractivity contribution >= 4 is 5.91 Å². The third-order valence-corrected chi connectivity index (χ3v) is 5.86. The summed E-state index contributed by atoms with van der Waals surface area (Å²) in [5.41, 5.74) is 0.946. The Bertz CT molecular complexity index is 572. The van der Waals surface area contributed by atoms with Crippen molar-refractivity contribution in [3.8, 4) is 0 Å². The van der Waals surface area contributed by atoms with Crippen molar-refractivity contribution < 1.29 is 4.79 Å². The predicted octanol–water partition coefficient (Wildman–Crippen LogP) is 1.79. The summed E-state index contributed by atoms with van der Waals surface area (Å²) >= 11 is 0. The van der Waals surface area contributed by atoms with Gasteiger partial charge in [0.15, 0.2) is 0 Å². The van der Waals surface area contributed by atoms with Crippen molar-refractivity contribution in [2.45, 2.75) is 51.1 Å². The largest absolute Gasteiger partial charge is 0.341 e. The number of likely N-dealkylation sites (tertiary alicyclic amines) is 2. The summed E-state index contributed by atoms with van der Waals surface area (Å²) in [6.07, 6.45) is 10.1. The lowest BCUT2D eigenvalue weighted by atomic mass is 9.94. The van der Waals surface area contributed by atoms with Crippen LogP contribution in [0.2, 0.25) is 0 Å². The highest BCUT2D eigenvalue weighted by Gasteiger charge is 2.31. The molecule has 0 bridgehead atoms. The number of piperidine rings is 2. The molecule has 6 nitrogen and oxygen atoms in total. The number of amides is 1. The minimum Gasteiger partial charge on any atom is -0.341 e. The second-order valence-corrected chi connectivity index (χ2v) is 7.80. The molecular weight excluding hydrogens is 314 g/mol. The van der Waals surface area contributed by atoms with Crippen LogP contribution in [-0.4, -0.2) is 64.8 Å². The van der Waals surface area contributed by atoms with Crippen LogP contribution in [0, 0.1) is 5.92 Å². The molecule has 3 unspecified atom stereocenters. The third-order valence-electron chi connectivity index (χ3n) is 5.86. The van der Waals surface area contributed by atoms with E-state index in [-0.39, 0.29) is 11.9 Å². The van der Waals surface area contributed by atoms with Gasteiger partial charge in [-0.1, -0.05) is 6.42 Å². The number of hydrogen-bond donors (Lipinski definition) is 1. The summed E-state index contributed by atoms with van der Waals surface area (Å²) in [5.74, 6) is 0.788. The number of likely N-dealkylation sites (N-methyl/N-ethyl adjacent to an activating group) is 1. The molecule has 0 aromatic carbocycles. The Hall–Kier alpha value is -1.40. The fourth-order valence-corrected chi connectivity index (χ4v) is 4.38. The molecule has 3 atom stereocenters. The fraction of sp³-hybridized carbons (Fsp3) is 0.789. The van der Waals surface area contributed by atoms with Crippen LogP contribution >= 0.6 is 0 Å². The molecule has 2 aliphatic heterocycles. The summed E-state index contributed by atoms with van der Waals surface area (Å²) in [6.45, 7) is 6.48. The number of aryl methyl sites for hydroxylation is 1. The molecule has 6 heteroatoms. The van der Waals surface area contributed by atoms with E-state index in [9.17, 15) is 4.79 Å². The Labute approximate surface area is 151 Å². The normalized spacial score (nSPS) is 26.6. The first-order chi connectivity index (χ1) is 12.1. The van der Waals surface area contributed by atoms with E-state index in [1.165, 1.54) is 32.2 Å². The van der Waals surface area contributed by atoms with Gasteiger partial charge in [0.2, 0.25) is 5.91 Å². The van der Waals surface area contributed by atoms with Crippen LogP contribution in [0.1, 0.15) is 50.6 Å². The van der Waals surface area contributed by atoms with Crippen LogP contribution < -0.4 is 5.32 Å². The van der Waals surface area contributed by atoms with E-state index < -0.39 is 0 Å². The monoisotopic (exact) mass is 347 g/mol. The highest BCUT2D eigenvalue weighted by molar-refractivity contribution is 5.83. The molecule has 3 rings (SSSR count). The van der Waals surface area contributed by atoms with Crippen LogP contribution in [0.15, 0.2) is 12.4 Å². The highest BCUT2D eigenvalue weighted by atomic mass is 16.2. The van der Waals surface area contributed by atoms with Gasteiger partial charge in [-0.2, -0.15) is 5.10 Å². The van der Waals surface area contributed by atoms with Gasteiger partial charge < -0.3 is 15.1 Å². The van der Waals surface area contributed by atoms with Crippen LogP contribution in [0.5, 0.6) is 0 Å². The Morgan fingerprint density at radius 3 is 2.84 bits per heavy atom. The van der Waals surface area contributed by atoms with Gasteiger partial charge in [-0.05, 0) is 52.1 Å². The second kappa shape index (κ2) is 8.32. The molecule has 25 heavy (non-hydrogen) atoms. The zero-order chi connectivity index (χ0) is 17.8. The summed E-state index contributed by atoms with van der Waals surface area (Å²) in [7, 11) is 3.74. The Balaban J connectivity index is 1.60. The molecule has 0 radical (unpaired) electrons. The Morgan fingerprint density at radius 2 is 2.16 bits per heavy atom. The Kier molecular flexibility index (Phi) is 6.12. The van der Waals surface area contributed by atoms with E-state index in [0.717, 1.165) is 31.6 Å². The molecule has 0 saturated carbocycles. The predicted molar refractivity (Wildman–Crippen MR) is 99.2 cm³/mol. The topological polar surface area (TPSA) is 53.4 Å². The maximum Gasteiger partial charge on any atom is 0.244 e. The van der Waals surface area contributed by atoms with Gasteiger partial charge in [-0.25, -0.2) is 0 Å². The molecule has 2 fully saturated rings. The van der Waals surface area contributed by atoms with E-state index in [0.29, 0.717) is 12.0 Å². The lowest BCUT2D eigenvalue weighted by Gasteiger charge is -2.40. The highest BCUT2D eigenvalue weighted by Crippen LogP contribution is 2.25. The maximum atomic E-state index is 13.1. The molecule has 1 aromatic heterocycles. The van der Waals surface area contributed by atoms with E-state index in [2.05, 4.69) is 27.1 Å². The van der Waals surface area contributed by atoms with Crippen LogP contribution in [0.25, 0.3) is 0 Å². The summed E-state index contributed by atoms with van der Waals surface area (Å²) < 4.78 is 1.75. The molecule has 3 heterocycles. The zero-order valence-corrected chi connectivity index (χ0v) is 15.9. The average molecular weight is 348 g/mol. The maximum absolute atomic E-state index is 13.1. The van der Waals surface area contributed by atoms with Crippen molar-refractivity contribution in [3.05, 3.63) is 18.0 Å². The number of nitrogens with zero attached hydrogens (tertiary/aromatic N) is 4. The van der Waals surface area contributed by atoms with Crippen LogP contribution in [0.3, 0.4) is 0 Å². The Morgan fingerprint density at radius 1 is 1.32 bits per heavy atom. The van der Waals surface area contributed by atoms with Crippen molar-refractivity contribution in [2.75, 3.05) is 33.2 Å². The van der Waals surface area contributed by atoms with Crippen LogP contribution in [-0.2, 0) is 11.8 Å². The molecule has 1 amide bonds. The van der Waals surface area contributed by atoms with Crippen molar-refractivity contribution in [1.29, 1.82) is 0 Å². The SMILES string of the molecule is CNC(C(=O)N1CCCC(CN2CCCCC2C)C1)c1cnn(C)c1. The van der Waals surface area contributed by atoms with Gasteiger partial charge in [-0.15, -0.1) is 0 Å². The smallest absolute Gasteiger partial charge is 0.244 e. The summed E-state index contributed by atoms with van der Waals surface area (Å²) in [6, 6.07) is 0.404. The number of nitrogens with one attached hydrogen (secondary N) is 1. The molecule has 140 valence electrons. The molecule has 2 aliphatic rings. The van der Waals surface area contributed by atoms with E-state index in [4.69, 9.17) is 0 Å². The van der Waals surface area contributed by atoms with Gasteiger partial charge in [0, 0.05) is 44.5 Å². The fourth-order valence-electron chi connectivity index (χ4n) is 4.38. The van der Waals surface area contributed by atoms with Crippen molar-refractivity contribution in [1.82, 2.24) is 24.9 Å². The third kappa shape index (κ3) is 4.42. The average Bonchev–Trinajstić information content (AvgIpc) is 3.04. The van der Waals surface area contributed by atoms with E-state index in [1.54, 1.807) is 10.9 Å². The van der Waals surface area contributed by atoms with Gasteiger partial charge >= 0.3 is 0 Å². The standard InChI is InChI=1S/C19H33N5O/c1-15-7-4-5-9-23(15)12-16-8-6-10-24(13-16)19(25)18(20-2)17-11-21-22(3)14-17/h11,14-16,18,20H,4-10,12-13H2,1-3H3. The molecule has 0 spiro atoms. The zero-order valence-electron chi connectivity index (χ0n) is 15.9. The number of carbonyl (C=O) groups is 1. The number of carbonyl (C=O) groups excluding carboxylic acids is 1. The number of rotatable bonds is 5. The summed E-state index contributed by atoms with van der Waals surface area (Å²) in [4.78, 5) is 17.8. The molecule has 1 N–H and O–H groups in total. The second-order valence-electron chi connectivity index (χ2n) is 7.80. The minimum absolute atomic E-state index is 0.187. The number of aromatic nitrogens is 2. The first kappa shape index (κ1) is 18.4.